The van der Waals surface area contributed by atoms with Crippen molar-refractivity contribution >= 4 is 42.6 Å². The average molecular weight is 621 g/mol. The van der Waals surface area contributed by atoms with E-state index in [4.69, 9.17) is 23.9 Å². The van der Waals surface area contributed by atoms with Crippen molar-refractivity contribution < 1.29 is 32.2 Å². The lowest BCUT2D eigenvalue weighted by atomic mass is 10.2. The summed E-state index contributed by atoms with van der Waals surface area (Å²) in [5, 5.41) is 0.576. The first kappa shape index (κ1) is 32.3. The number of methoxy groups -OCH3 is 3. The topological polar surface area (TPSA) is 111 Å². The molecule has 1 aliphatic rings. The Kier molecular flexibility index (Phi) is 11.7. The summed E-state index contributed by atoms with van der Waals surface area (Å²) >= 11 is 1.45. The third-order valence-corrected chi connectivity index (χ3v) is 10.3. The second kappa shape index (κ2) is 15.2. The number of aryl methyl sites for hydroxylation is 1. The number of carbonyl (C=O) groups excluding carboxylic acids is 1. The maximum Gasteiger partial charge on any atom is 0.260 e. The molecule has 1 aromatic heterocycles. The van der Waals surface area contributed by atoms with E-state index in [1.807, 2.05) is 19.1 Å². The first-order chi connectivity index (χ1) is 20.3. The van der Waals surface area contributed by atoms with Crippen molar-refractivity contribution in [3.05, 3.63) is 47.5 Å². The van der Waals surface area contributed by atoms with Crippen LogP contribution in [0.2, 0.25) is 0 Å². The van der Waals surface area contributed by atoms with Gasteiger partial charge in [0.25, 0.3) is 5.91 Å². The fourth-order valence-electron chi connectivity index (χ4n) is 4.75. The molecule has 0 bridgehead atoms. The smallest absolute Gasteiger partial charge is 0.260 e. The molecule has 1 fully saturated rings. The predicted molar refractivity (Wildman–Crippen MR) is 163 cm³/mol. The maximum absolute atomic E-state index is 14.0. The zero-order valence-corrected chi connectivity index (χ0v) is 26.3. The molecule has 230 valence electrons. The van der Waals surface area contributed by atoms with Crippen LogP contribution in [0.1, 0.15) is 22.3 Å². The standard InChI is InChI=1S/C29H40N4O7S2/c1-22-6-11-25(39-4)26-27(22)41-29(30-26)33(13-5-12-31-14-20-40-21-15-31)28(34)23-7-9-24(10-8-23)42(35,36)32(16-18-37-2)17-19-38-3/h6-11H,5,12-21H2,1-4H3. The Morgan fingerprint density at radius 1 is 1.00 bits per heavy atom. The molecule has 1 aliphatic heterocycles. The van der Waals surface area contributed by atoms with E-state index in [9.17, 15) is 13.2 Å². The molecule has 0 radical (unpaired) electrons. The molecule has 13 heteroatoms. The van der Waals surface area contributed by atoms with Gasteiger partial charge >= 0.3 is 0 Å². The molecular weight excluding hydrogens is 580 g/mol. The van der Waals surface area contributed by atoms with Gasteiger partial charge in [0.1, 0.15) is 11.3 Å². The second-order valence-corrected chi connectivity index (χ2v) is 12.9. The number of ether oxygens (including phenoxy) is 4. The number of sulfonamides is 1. The van der Waals surface area contributed by atoms with Gasteiger partial charge in [-0.25, -0.2) is 13.4 Å². The Bertz CT molecular complexity index is 1420. The van der Waals surface area contributed by atoms with Crippen LogP contribution in [0.5, 0.6) is 5.75 Å². The number of thiazole rings is 1. The van der Waals surface area contributed by atoms with Gasteiger partial charge in [-0.15, -0.1) is 0 Å². The van der Waals surface area contributed by atoms with Crippen LogP contribution in [0.4, 0.5) is 5.13 Å². The fourth-order valence-corrected chi connectivity index (χ4v) is 7.24. The number of benzene rings is 2. The third kappa shape index (κ3) is 7.64. The molecule has 1 amide bonds. The summed E-state index contributed by atoms with van der Waals surface area (Å²) in [6.07, 6.45) is 0.748. The van der Waals surface area contributed by atoms with Crippen molar-refractivity contribution in [3.63, 3.8) is 0 Å². The van der Waals surface area contributed by atoms with E-state index in [0.717, 1.165) is 41.8 Å². The number of aromatic nitrogens is 1. The van der Waals surface area contributed by atoms with Crippen molar-refractivity contribution in [3.8, 4) is 5.75 Å². The molecule has 0 atom stereocenters. The molecule has 4 rings (SSSR count). The molecular formula is C29H40N4O7S2. The van der Waals surface area contributed by atoms with Crippen LogP contribution in [0.25, 0.3) is 10.2 Å². The normalized spacial score (nSPS) is 14.5. The molecule has 42 heavy (non-hydrogen) atoms. The van der Waals surface area contributed by atoms with E-state index < -0.39 is 10.0 Å². The van der Waals surface area contributed by atoms with Crippen LogP contribution in [0, 0.1) is 6.92 Å². The van der Waals surface area contributed by atoms with Crippen LogP contribution >= 0.6 is 11.3 Å². The van der Waals surface area contributed by atoms with E-state index in [0.29, 0.717) is 36.2 Å². The Labute approximate surface area is 252 Å². The minimum absolute atomic E-state index is 0.102. The minimum atomic E-state index is -3.81. The lowest BCUT2D eigenvalue weighted by Gasteiger charge is -2.27. The molecule has 1 saturated heterocycles. The zero-order valence-electron chi connectivity index (χ0n) is 24.7. The molecule has 0 saturated carbocycles. The molecule has 0 unspecified atom stereocenters. The molecule has 0 N–H and O–H groups in total. The molecule has 2 heterocycles. The predicted octanol–water partition coefficient (Wildman–Crippen LogP) is 3.27. The van der Waals surface area contributed by atoms with Gasteiger partial charge in [-0.2, -0.15) is 4.31 Å². The quantitative estimate of drug-likeness (QED) is 0.253. The van der Waals surface area contributed by atoms with E-state index in [-0.39, 0.29) is 37.1 Å². The van der Waals surface area contributed by atoms with Gasteiger partial charge in [-0.05, 0) is 49.2 Å². The lowest BCUT2D eigenvalue weighted by Crippen LogP contribution is -2.39. The largest absolute Gasteiger partial charge is 0.494 e. The number of anilines is 1. The van der Waals surface area contributed by atoms with Crippen LogP contribution in [0.3, 0.4) is 0 Å². The van der Waals surface area contributed by atoms with Crippen molar-refractivity contribution in [1.82, 2.24) is 14.2 Å². The summed E-state index contributed by atoms with van der Waals surface area (Å²) < 4.78 is 50.2. The van der Waals surface area contributed by atoms with Gasteiger partial charge < -0.3 is 18.9 Å². The number of fused-ring (bicyclic) bond motifs is 1. The Balaban J connectivity index is 1.60. The summed E-state index contributed by atoms with van der Waals surface area (Å²) in [5.41, 5.74) is 2.15. The van der Waals surface area contributed by atoms with Crippen molar-refractivity contribution in [2.75, 3.05) is 91.9 Å². The second-order valence-electron chi connectivity index (χ2n) is 9.94. The van der Waals surface area contributed by atoms with Crippen LogP contribution in [-0.2, 0) is 24.2 Å². The fraction of sp³-hybridized carbons (Fsp3) is 0.517. The molecule has 3 aromatic rings. The highest BCUT2D eigenvalue weighted by Crippen LogP contribution is 2.37. The van der Waals surface area contributed by atoms with Crippen LogP contribution in [0.15, 0.2) is 41.3 Å². The van der Waals surface area contributed by atoms with Gasteiger partial charge in [0.2, 0.25) is 10.0 Å². The van der Waals surface area contributed by atoms with Crippen molar-refractivity contribution in [1.29, 1.82) is 0 Å². The van der Waals surface area contributed by atoms with E-state index in [1.54, 1.807) is 24.1 Å². The maximum atomic E-state index is 14.0. The number of rotatable bonds is 15. The SMILES string of the molecule is COCCN(CCOC)S(=O)(=O)c1ccc(C(=O)N(CCCN2CCOCC2)c2nc3c(OC)ccc(C)c3s2)cc1. The van der Waals surface area contributed by atoms with E-state index in [1.165, 1.54) is 42.0 Å². The highest BCUT2D eigenvalue weighted by molar-refractivity contribution is 7.89. The number of carbonyl (C=O) groups is 1. The Morgan fingerprint density at radius 3 is 2.29 bits per heavy atom. The number of hydrogen-bond acceptors (Lipinski definition) is 10. The van der Waals surface area contributed by atoms with Crippen molar-refractivity contribution in [2.24, 2.45) is 0 Å². The Hall–Kier alpha value is -2.65. The number of morpholine rings is 1. The highest BCUT2D eigenvalue weighted by Gasteiger charge is 2.27. The van der Waals surface area contributed by atoms with Gasteiger partial charge in [0, 0.05) is 59.1 Å². The van der Waals surface area contributed by atoms with E-state index in [2.05, 4.69) is 4.90 Å². The zero-order chi connectivity index (χ0) is 30.1. The molecule has 2 aromatic carbocycles. The van der Waals surface area contributed by atoms with Gasteiger partial charge in [-0.1, -0.05) is 17.4 Å². The first-order valence-corrected chi connectivity index (χ1v) is 16.2. The first-order valence-electron chi connectivity index (χ1n) is 13.9. The van der Waals surface area contributed by atoms with Crippen molar-refractivity contribution in [2.45, 2.75) is 18.2 Å². The summed E-state index contributed by atoms with van der Waals surface area (Å²) in [4.78, 5) is 22.9. The molecule has 0 aliphatic carbocycles. The van der Waals surface area contributed by atoms with Gasteiger partial charge in [0.15, 0.2) is 5.13 Å². The minimum Gasteiger partial charge on any atom is -0.494 e. The Morgan fingerprint density at radius 2 is 1.67 bits per heavy atom. The summed E-state index contributed by atoms with van der Waals surface area (Å²) in [6, 6.07) is 9.95. The van der Waals surface area contributed by atoms with Crippen LogP contribution < -0.4 is 9.64 Å². The molecule has 0 spiro atoms. The van der Waals surface area contributed by atoms with Gasteiger partial charge in [-0.3, -0.25) is 14.6 Å². The monoisotopic (exact) mass is 620 g/mol. The third-order valence-electron chi connectivity index (χ3n) is 7.18. The number of hydrogen-bond donors (Lipinski definition) is 0. The number of nitrogens with zero attached hydrogens (tertiary/aromatic N) is 4. The number of amides is 1. The lowest BCUT2D eigenvalue weighted by molar-refractivity contribution is 0.0376. The van der Waals surface area contributed by atoms with E-state index >= 15 is 0 Å². The molecule has 11 nitrogen and oxygen atoms in total. The summed E-state index contributed by atoms with van der Waals surface area (Å²) in [5.74, 6) is 0.409. The average Bonchev–Trinajstić information content (AvgIpc) is 3.46. The summed E-state index contributed by atoms with van der Waals surface area (Å²) in [7, 11) is 0.848. The highest BCUT2D eigenvalue weighted by atomic mass is 32.2. The summed E-state index contributed by atoms with van der Waals surface area (Å²) in [6.45, 7) is 7.36. The van der Waals surface area contributed by atoms with Gasteiger partial charge in [0.05, 0.1) is 43.1 Å². The van der Waals surface area contributed by atoms with Crippen LogP contribution in [-0.4, -0.2) is 116 Å².